The monoisotopic (exact) mass is 351 g/mol. The molecule has 0 atom stereocenters. The van der Waals surface area contributed by atoms with Crippen LogP contribution in [0, 0.1) is 10.1 Å². The molecular weight excluding hydrogens is 338 g/mol. The van der Waals surface area contributed by atoms with E-state index >= 15 is 0 Å². The summed E-state index contributed by atoms with van der Waals surface area (Å²) in [7, 11) is 0. The van der Waals surface area contributed by atoms with E-state index in [4.69, 9.17) is 16.3 Å². The molecule has 0 spiro atoms. The molecule has 2 heterocycles. The summed E-state index contributed by atoms with van der Waals surface area (Å²) < 4.78 is 6.94. The van der Waals surface area contributed by atoms with Crippen LogP contribution in [0.25, 0.3) is 0 Å². The highest BCUT2D eigenvalue weighted by Gasteiger charge is 2.24. The molecule has 24 heavy (non-hydrogen) atoms. The second-order valence-corrected chi connectivity index (χ2v) is 5.54. The van der Waals surface area contributed by atoms with Crippen molar-refractivity contribution in [1.82, 2.24) is 14.5 Å². The Kier molecular flexibility index (Phi) is 4.52. The Morgan fingerprint density at radius 3 is 2.75 bits per heavy atom. The first-order valence-corrected chi connectivity index (χ1v) is 7.56. The van der Waals surface area contributed by atoms with Crippen molar-refractivity contribution in [2.45, 2.75) is 6.54 Å². The number of hydrogen-bond acceptors (Lipinski definition) is 5. The van der Waals surface area contributed by atoms with Crippen molar-refractivity contribution < 1.29 is 14.5 Å². The summed E-state index contributed by atoms with van der Waals surface area (Å²) in [4.78, 5) is 27.9. The molecule has 1 aliphatic rings. The largest absolute Gasteiger partial charge is 0.444 e. The lowest BCUT2D eigenvalue weighted by Crippen LogP contribution is -2.41. The summed E-state index contributed by atoms with van der Waals surface area (Å²) in [5, 5.41) is 14.1. The van der Waals surface area contributed by atoms with Crippen LogP contribution in [0.2, 0.25) is 5.02 Å². The fraction of sp³-hybridized carbons (Fsp3) is 0.286. The van der Waals surface area contributed by atoms with Crippen molar-refractivity contribution >= 4 is 29.1 Å². The Balaban J connectivity index is 1.66. The van der Waals surface area contributed by atoms with Crippen molar-refractivity contribution in [2.75, 3.05) is 25.0 Å². The van der Waals surface area contributed by atoms with Gasteiger partial charge in [0, 0.05) is 28.8 Å². The number of ether oxygens (including phenoxy) is 1. The highest BCUT2D eigenvalue weighted by molar-refractivity contribution is 6.30. The van der Waals surface area contributed by atoms with Crippen LogP contribution in [-0.2, 0) is 6.54 Å². The van der Waals surface area contributed by atoms with Crippen molar-refractivity contribution in [3.8, 4) is 6.01 Å². The number of amides is 2. The van der Waals surface area contributed by atoms with Gasteiger partial charge in [-0.1, -0.05) is 11.6 Å². The van der Waals surface area contributed by atoms with Crippen LogP contribution in [0.15, 0.2) is 30.5 Å². The number of imidazole rings is 1. The van der Waals surface area contributed by atoms with Crippen LogP contribution < -0.4 is 10.1 Å². The molecular formula is C14H14ClN5O4. The van der Waals surface area contributed by atoms with Gasteiger partial charge in [0.15, 0.2) is 0 Å². The van der Waals surface area contributed by atoms with Gasteiger partial charge in [-0.15, -0.1) is 0 Å². The molecule has 0 bridgehead atoms. The fourth-order valence-corrected chi connectivity index (χ4v) is 2.40. The molecule has 10 heteroatoms. The normalized spacial score (nSPS) is 14.1. The zero-order valence-corrected chi connectivity index (χ0v) is 13.3. The number of benzene rings is 1. The third-order valence-electron chi connectivity index (χ3n) is 3.50. The van der Waals surface area contributed by atoms with Crippen molar-refractivity contribution in [2.24, 2.45) is 0 Å². The summed E-state index contributed by atoms with van der Waals surface area (Å²) in [5.74, 6) is -0.274. The molecule has 0 saturated carbocycles. The van der Waals surface area contributed by atoms with E-state index in [1.54, 1.807) is 29.2 Å². The predicted octanol–water partition coefficient (Wildman–Crippen LogP) is 2.37. The quantitative estimate of drug-likeness (QED) is 0.661. The van der Waals surface area contributed by atoms with Gasteiger partial charge >= 0.3 is 17.9 Å². The summed E-state index contributed by atoms with van der Waals surface area (Å²) in [6.45, 7) is 1.27. The van der Waals surface area contributed by atoms with Gasteiger partial charge in [-0.3, -0.25) is 4.57 Å². The number of halogens is 1. The van der Waals surface area contributed by atoms with Crippen molar-refractivity contribution in [3.63, 3.8) is 0 Å². The van der Waals surface area contributed by atoms with Crippen LogP contribution in [0.5, 0.6) is 6.01 Å². The number of carbonyl (C=O) groups excluding carboxylic acids is 1. The van der Waals surface area contributed by atoms with Crippen LogP contribution in [0.1, 0.15) is 0 Å². The molecule has 1 aromatic carbocycles. The van der Waals surface area contributed by atoms with Gasteiger partial charge in [0.05, 0.1) is 6.54 Å². The molecule has 1 aromatic heterocycles. The van der Waals surface area contributed by atoms with E-state index in [2.05, 4.69) is 10.3 Å². The Morgan fingerprint density at radius 1 is 1.29 bits per heavy atom. The van der Waals surface area contributed by atoms with Crippen molar-refractivity contribution in [1.29, 1.82) is 0 Å². The molecule has 1 N–H and O–H groups in total. The molecule has 0 saturated heterocycles. The van der Waals surface area contributed by atoms with Gasteiger partial charge < -0.3 is 25.1 Å². The van der Waals surface area contributed by atoms with E-state index in [1.807, 2.05) is 0 Å². The summed E-state index contributed by atoms with van der Waals surface area (Å²) in [6, 6.07) is 6.70. The predicted molar refractivity (Wildman–Crippen MR) is 86.4 cm³/mol. The number of nitro groups is 1. The minimum Gasteiger partial charge on any atom is -0.444 e. The van der Waals surface area contributed by atoms with Crippen LogP contribution in [0.4, 0.5) is 16.3 Å². The Morgan fingerprint density at radius 2 is 2.04 bits per heavy atom. The van der Waals surface area contributed by atoms with Crippen molar-refractivity contribution in [3.05, 3.63) is 45.6 Å². The summed E-state index contributed by atoms with van der Waals surface area (Å²) in [6.07, 6.45) is 1.30. The van der Waals surface area contributed by atoms with Gasteiger partial charge in [0.25, 0.3) is 0 Å². The average molecular weight is 352 g/mol. The molecule has 2 aromatic rings. The molecule has 3 rings (SSSR count). The van der Waals surface area contributed by atoms with E-state index in [0.717, 1.165) is 0 Å². The van der Waals surface area contributed by atoms with Gasteiger partial charge in [-0.2, -0.15) is 0 Å². The van der Waals surface area contributed by atoms with E-state index in [9.17, 15) is 14.9 Å². The number of fused-ring (bicyclic) bond motifs is 1. The van der Waals surface area contributed by atoms with E-state index in [1.165, 1.54) is 10.8 Å². The summed E-state index contributed by atoms with van der Waals surface area (Å²) >= 11 is 5.81. The number of urea groups is 1. The first-order chi connectivity index (χ1) is 11.5. The number of nitrogens with one attached hydrogen (secondary N) is 1. The molecule has 1 aliphatic heterocycles. The number of anilines is 1. The topological polar surface area (TPSA) is 103 Å². The van der Waals surface area contributed by atoms with E-state index < -0.39 is 4.92 Å². The molecule has 0 fully saturated rings. The number of hydrogen-bond donors (Lipinski definition) is 1. The first kappa shape index (κ1) is 16.1. The maximum Gasteiger partial charge on any atom is 0.414 e. The lowest BCUT2D eigenvalue weighted by Gasteiger charge is -2.25. The molecule has 9 nitrogen and oxygen atoms in total. The minimum absolute atomic E-state index is 0.194. The van der Waals surface area contributed by atoms with Crippen LogP contribution >= 0.6 is 11.6 Å². The number of aromatic nitrogens is 2. The molecule has 0 aliphatic carbocycles. The highest BCUT2D eigenvalue weighted by Crippen LogP contribution is 2.19. The lowest BCUT2D eigenvalue weighted by atomic mass is 10.3. The Labute approximate surface area is 141 Å². The highest BCUT2D eigenvalue weighted by atomic mass is 35.5. The van der Waals surface area contributed by atoms with Gasteiger partial charge in [0.2, 0.25) is 0 Å². The third-order valence-corrected chi connectivity index (χ3v) is 3.75. The van der Waals surface area contributed by atoms with Crippen LogP contribution in [-0.4, -0.2) is 45.1 Å². The summed E-state index contributed by atoms with van der Waals surface area (Å²) in [5.41, 5.74) is 0.631. The lowest BCUT2D eigenvalue weighted by molar-refractivity contribution is -0.389. The Bertz CT molecular complexity index is 761. The molecule has 126 valence electrons. The van der Waals surface area contributed by atoms with Gasteiger partial charge in [0.1, 0.15) is 12.8 Å². The third kappa shape index (κ3) is 3.57. The molecule has 0 unspecified atom stereocenters. The van der Waals surface area contributed by atoms with E-state index in [0.29, 0.717) is 30.3 Å². The van der Waals surface area contributed by atoms with E-state index in [-0.39, 0.29) is 24.5 Å². The SMILES string of the molecule is O=C(Nc1ccc(Cl)cc1)N1CCOc2nc([N+](=O)[O-])cn2CC1. The number of nitrogens with zero attached hydrogens (tertiary/aromatic N) is 4. The zero-order chi connectivity index (χ0) is 17.1. The molecule has 0 radical (unpaired) electrons. The second-order valence-electron chi connectivity index (χ2n) is 5.10. The fourth-order valence-electron chi connectivity index (χ4n) is 2.28. The average Bonchev–Trinajstić information content (AvgIpc) is 2.92. The number of carbonyl (C=O) groups is 1. The maximum atomic E-state index is 12.3. The smallest absolute Gasteiger partial charge is 0.414 e. The first-order valence-electron chi connectivity index (χ1n) is 7.19. The Hall–Kier alpha value is -2.81. The van der Waals surface area contributed by atoms with Gasteiger partial charge in [-0.25, -0.2) is 4.79 Å². The second kappa shape index (κ2) is 6.75. The van der Waals surface area contributed by atoms with Gasteiger partial charge in [-0.05, 0) is 29.2 Å². The maximum absolute atomic E-state index is 12.3. The van der Waals surface area contributed by atoms with Crippen LogP contribution in [0.3, 0.4) is 0 Å². The standard InChI is InChI=1S/C14H14ClN5O4/c15-10-1-3-11(4-2-10)16-13(21)18-5-6-19-9-12(20(22)23)17-14(19)24-8-7-18/h1-4,9H,5-8H2,(H,16,21). The minimum atomic E-state index is -0.577. The number of rotatable bonds is 2. The molecule has 2 amide bonds. The zero-order valence-electron chi connectivity index (χ0n) is 12.5.